The number of amides is 2. The van der Waals surface area contributed by atoms with Crippen LogP contribution in [0.3, 0.4) is 0 Å². The van der Waals surface area contributed by atoms with Crippen LogP contribution in [-0.4, -0.2) is 50.8 Å². The fourth-order valence-electron chi connectivity index (χ4n) is 5.17. The summed E-state index contributed by atoms with van der Waals surface area (Å²) in [6, 6.07) is 20.4. The highest BCUT2D eigenvalue weighted by atomic mass is 32.2. The number of fused-ring (bicyclic) bond motifs is 5. The van der Waals surface area contributed by atoms with Crippen LogP contribution in [0.4, 0.5) is 11.4 Å². The zero-order chi connectivity index (χ0) is 27.2. The molecule has 3 aliphatic heterocycles. The third-order valence-corrected chi connectivity index (χ3v) is 8.50. The van der Waals surface area contributed by atoms with E-state index in [1.165, 1.54) is 11.8 Å². The maximum atomic E-state index is 13.8. The van der Waals surface area contributed by atoms with Crippen LogP contribution < -0.4 is 14.8 Å². The van der Waals surface area contributed by atoms with Crippen molar-refractivity contribution in [3.8, 4) is 11.5 Å². The van der Waals surface area contributed by atoms with E-state index >= 15 is 0 Å². The minimum atomic E-state index is -0.589. The van der Waals surface area contributed by atoms with Crippen molar-refractivity contribution in [3.63, 3.8) is 0 Å². The molecule has 3 aliphatic rings. The molecule has 2 N–H and O–H groups in total. The molecule has 4 aromatic rings. The van der Waals surface area contributed by atoms with E-state index in [2.05, 4.69) is 10.3 Å². The van der Waals surface area contributed by atoms with Gasteiger partial charge in [-0.1, -0.05) is 49.0 Å². The lowest BCUT2D eigenvalue weighted by Crippen LogP contribution is -2.42. The van der Waals surface area contributed by atoms with Crippen LogP contribution in [0.2, 0.25) is 0 Å². The number of carbonyl (C=O) groups is 2. The first-order valence-electron chi connectivity index (χ1n) is 13.1. The number of nitrogens with one attached hydrogen (secondary N) is 2. The largest absolute Gasteiger partial charge is 0.454 e. The second-order valence-corrected chi connectivity index (χ2v) is 10.9. The van der Waals surface area contributed by atoms with Crippen molar-refractivity contribution in [2.24, 2.45) is 9.98 Å². The molecule has 2 unspecified atom stereocenters. The van der Waals surface area contributed by atoms with E-state index in [0.29, 0.717) is 41.0 Å². The van der Waals surface area contributed by atoms with Gasteiger partial charge >= 0.3 is 0 Å². The molecule has 40 heavy (non-hydrogen) atoms. The lowest BCUT2D eigenvalue weighted by atomic mass is 10.1. The average Bonchev–Trinajstić information content (AvgIpc) is 3.69. The minimum Gasteiger partial charge on any atom is -0.454 e. The van der Waals surface area contributed by atoms with Crippen LogP contribution >= 0.6 is 11.8 Å². The highest BCUT2D eigenvalue weighted by Gasteiger charge is 2.42. The van der Waals surface area contributed by atoms with Crippen LogP contribution in [0, 0.1) is 0 Å². The number of para-hydroxylation sites is 2. The molecule has 0 aliphatic carbocycles. The Morgan fingerprint density at radius 1 is 1.12 bits per heavy atom. The van der Waals surface area contributed by atoms with Gasteiger partial charge in [-0.3, -0.25) is 14.6 Å². The maximum absolute atomic E-state index is 13.8. The summed E-state index contributed by atoms with van der Waals surface area (Å²) in [6.07, 6.45) is 2.94. The second-order valence-electron chi connectivity index (χ2n) is 9.69. The monoisotopic (exact) mass is 551 g/mol. The Kier molecular flexibility index (Phi) is 6.04. The molecule has 4 heterocycles. The first kappa shape index (κ1) is 24.5. The van der Waals surface area contributed by atoms with Crippen LogP contribution in [0.25, 0.3) is 10.9 Å². The quantitative estimate of drug-likeness (QED) is 0.340. The molecule has 7 rings (SSSR count). The maximum Gasteiger partial charge on any atom is 0.259 e. The number of aliphatic imine (C=N–C) groups is 2. The molecular formula is C30H25N5O4S. The number of hydrogen-bond acceptors (Lipinski definition) is 7. The number of amidine groups is 2. The Morgan fingerprint density at radius 2 is 1.95 bits per heavy atom. The van der Waals surface area contributed by atoms with Gasteiger partial charge in [0.2, 0.25) is 12.7 Å². The van der Waals surface area contributed by atoms with Crippen molar-refractivity contribution in [1.82, 2.24) is 9.88 Å². The number of anilines is 1. The van der Waals surface area contributed by atoms with Gasteiger partial charge in [0, 0.05) is 40.8 Å². The minimum absolute atomic E-state index is 0.146. The van der Waals surface area contributed by atoms with Gasteiger partial charge < -0.3 is 19.8 Å². The summed E-state index contributed by atoms with van der Waals surface area (Å²) in [5, 5.41) is 4.01. The number of ether oxygens (including phenoxy) is 2. The van der Waals surface area contributed by atoms with Gasteiger partial charge in [0.25, 0.3) is 5.91 Å². The Labute approximate surface area is 234 Å². The fraction of sp³-hybridized carbons (Fsp3) is 0.200. The van der Waals surface area contributed by atoms with Crippen molar-refractivity contribution < 1.29 is 19.1 Å². The fourth-order valence-corrected chi connectivity index (χ4v) is 6.19. The van der Waals surface area contributed by atoms with Crippen LogP contribution in [-0.2, 0) is 16.0 Å². The molecule has 200 valence electrons. The lowest BCUT2D eigenvalue weighted by Gasteiger charge is -2.27. The topological polar surface area (TPSA) is 108 Å². The molecule has 2 amide bonds. The summed E-state index contributed by atoms with van der Waals surface area (Å²) in [4.78, 5) is 41.8. The Morgan fingerprint density at radius 3 is 2.85 bits per heavy atom. The molecule has 0 fully saturated rings. The zero-order valence-electron chi connectivity index (χ0n) is 21.6. The Hall–Kier alpha value is -4.57. The molecular weight excluding hydrogens is 526 g/mol. The normalized spacial score (nSPS) is 17.8. The van der Waals surface area contributed by atoms with Crippen LogP contribution in [0.15, 0.2) is 82.9 Å². The van der Waals surface area contributed by atoms with Crippen molar-refractivity contribution in [2.45, 2.75) is 31.1 Å². The number of hydrogen-bond donors (Lipinski definition) is 2. The van der Waals surface area contributed by atoms with Gasteiger partial charge in [0.05, 0.1) is 10.9 Å². The molecule has 0 saturated carbocycles. The number of thioether (sulfide) groups is 1. The molecule has 0 saturated heterocycles. The van der Waals surface area contributed by atoms with Crippen molar-refractivity contribution in [2.75, 3.05) is 12.1 Å². The Bertz CT molecular complexity index is 1730. The van der Waals surface area contributed by atoms with E-state index in [1.54, 1.807) is 23.1 Å². The first-order valence-corrected chi connectivity index (χ1v) is 14.0. The van der Waals surface area contributed by atoms with Gasteiger partial charge in [-0.15, -0.1) is 0 Å². The van der Waals surface area contributed by atoms with Crippen molar-refractivity contribution in [1.29, 1.82) is 0 Å². The standard InChI is InChI=1S/C30H25N5O4S/c1-2-26(28(36)32-18-11-12-24-25(14-18)39-16-38-24)40-30-34-22-10-6-4-8-20(22)27-33-23(29(37)35(27)30)13-17-15-31-21-9-5-3-7-19(17)21/h3-12,14-15,23,26,31H,2,13,16H2,1H3,(H,32,36). The molecule has 0 bridgehead atoms. The highest BCUT2D eigenvalue weighted by molar-refractivity contribution is 8.15. The Balaban J connectivity index is 1.16. The number of nitrogens with zero attached hydrogens (tertiary/aromatic N) is 3. The summed E-state index contributed by atoms with van der Waals surface area (Å²) < 4.78 is 10.8. The predicted octanol–water partition coefficient (Wildman–Crippen LogP) is 5.25. The summed E-state index contributed by atoms with van der Waals surface area (Å²) in [5.41, 5.74) is 4.21. The third-order valence-electron chi connectivity index (χ3n) is 7.19. The molecule has 1 aromatic heterocycles. The number of rotatable bonds is 6. The molecule has 9 nitrogen and oxygen atoms in total. The molecule has 2 atom stereocenters. The van der Waals surface area contributed by atoms with Gasteiger partial charge in [0.1, 0.15) is 11.9 Å². The van der Waals surface area contributed by atoms with Gasteiger partial charge in [0.15, 0.2) is 16.7 Å². The number of aromatic nitrogens is 1. The second kappa shape index (κ2) is 9.87. The number of aromatic amines is 1. The van der Waals surface area contributed by atoms with E-state index in [9.17, 15) is 9.59 Å². The number of carbonyl (C=O) groups excluding carboxylic acids is 2. The van der Waals surface area contributed by atoms with Gasteiger partial charge in [-0.25, -0.2) is 9.89 Å². The van der Waals surface area contributed by atoms with E-state index in [1.807, 2.05) is 61.7 Å². The molecule has 0 radical (unpaired) electrons. The van der Waals surface area contributed by atoms with Gasteiger partial charge in [-0.05, 0) is 42.3 Å². The van der Waals surface area contributed by atoms with E-state index < -0.39 is 11.3 Å². The number of benzene rings is 3. The highest BCUT2D eigenvalue weighted by Crippen LogP contribution is 2.37. The average molecular weight is 552 g/mol. The van der Waals surface area contributed by atoms with E-state index in [-0.39, 0.29) is 18.6 Å². The zero-order valence-corrected chi connectivity index (χ0v) is 22.4. The SMILES string of the molecule is CCC(SC1=Nc2ccccc2C2=NC(Cc3c[nH]c4ccccc34)C(=O)N12)C(=O)Nc1ccc2c(c1)OCO2. The van der Waals surface area contributed by atoms with Gasteiger partial charge in [-0.2, -0.15) is 0 Å². The van der Waals surface area contributed by atoms with Crippen molar-refractivity contribution >= 4 is 56.9 Å². The van der Waals surface area contributed by atoms with E-state index in [4.69, 9.17) is 19.5 Å². The number of H-pyrrole nitrogens is 1. The molecule has 10 heteroatoms. The summed E-state index contributed by atoms with van der Waals surface area (Å²) in [6.45, 7) is 2.10. The van der Waals surface area contributed by atoms with Crippen molar-refractivity contribution in [3.05, 3.63) is 84.1 Å². The van der Waals surface area contributed by atoms with Crippen LogP contribution in [0.5, 0.6) is 11.5 Å². The smallest absolute Gasteiger partial charge is 0.259 e. The summed E-state index contributed by atoms with van der Waals surface area (Å²) in [5.74, 6) is 1.49. The van der Waals surface area contributed by atoms with E-state index in [0.717, 1.165) is 27.7 Å². The third kappa shape index (κ3) is 4.21. The molecule has 0 spiro atoms. The summed E-state index contributed by atoms with van der Waals surface area (Å²) in [7, 11) is 0. The lowest BCUT2D eigenvalue weighted by molar-refractivity contribution is -0.124. The summed E-state index contributed by atoms with van der Waals surface area (Å²) >= 11 is 1.27. The first-order chi connectivity index (χ1) is 19.6. The molecule has 3 aromatic carbocycles. The van der Waals surface area contributed by atoms with Crippen LogP contribution in [0.1, 0.15) is 24.5 Å². The predicted molar refractivity (Wildman–Crippen MR) is 156 cm³/mol.